The van der Waals surface area contributed by atoms with E-state index in [0.717, 1.165) is 16.9 Å². The largest absolute Gasteiger partial charge is 0.481 e. The second kappa shape index (κ2) is 5.70. The zero-order chi connectivity index (χ0) is 14.0. The number of carboxylic acids is 1. The van der Waals surface area contributed by atoms with Crippen molar-refractivity contribution in [3.05, 3.63) is 22.2 Å². The van der Waals surface area contributed by atoms with Crippen LogP contribution >= 0.6 is 11.6 Å². The van der Waals surface area contributed by atoms with Crippen LogP contribution in [0.5, 0.6) is 11.5 Å². The molecule has 1 aromatic rings. The van der Waals surface area contributed by atoms with Gasteiger partial charge < -0.3 is 14.6 Å². The summed E-state index contributed by atoms with van der Waals surface area (Å²) >= 11 is 6.29. The first-order valence-electron chi connectivity index (χ1n) is 6.33. The maximum atomic E-state index is 10.6. The van der Waals surface area contributed by atoms with Gasteiger partial charge in [-0.15, -0.1) is 0 Å². The number of carbonyl (C=O) groups is 1. The highest BCUT2D eigenvalue weighted by molar-refractivity contribution is 6.31. The van der Waals surface area contributed by atoms with E-state index in [1.807, 2.05) is 0 Å². The van der Waals surface area contributed by atoms with Crippen LogP contribution < -0.4 is 9.47 Å². The summed E-state index contributed by atoms with van der Waals surface area (Å²) in [5, 5.41) is 9.34. The van der Waals surface area contributed by atoms with Crippen molar-refractivity contribution < 1.29 is 19.4 Å². The number of hydrogen-bond donors (Lipinski definition) is 1. The molecule has 1 heterocycles. The predicted octanol–water partition coefficient (Wildman–Crippen LogP) is 3.60. The van der Waals surface area contributed by atoms with Gasteiger partial charge in [-0.25, -0.2) is 0 Å². The fourth-order valence-electron chi connectivity index (χ4n) is 2.36. The van der Waals surface area contributed by atoms with Gasteiger partial charge in [0.25, 0.3) is 0 Å². The molecular weight excluding hydrogens is 268 g/mol. The minimum atomic E-state index is -0.789. The van der Waals surface area contributed by atoms with Gasteiger partial charge in [-0.2, -0.15) is 0 Å². The molecule has 0 unspecified atom stereocenters. The van der Waals surface area contributed by atoms with Gasteiger partial charge in [0.15, 0.2) is 11.5 Å². The van der Waals surface area contributed by atoms with E-state index in [0.29, 0.717) is 23.6 Å². The lowest BCUT2D eigenvalue weighted by Crippen LogP contribution is -2.02. The van der Waals surface area contributed by atoms with Gasteiger partial charge in [-0.3, -0.25) is 4.79 Å². The number of fused-ring (bicyclic) bond motifs is 1. The fraction of sp³-hybridized carbons (Fsp3) is 0.500. The lowest BCUT2D eigenvalue weighted by atomic mass is 9.92. The van der Waals surface area contributed by atoms with E-state index in [9.17, 15) is 4.79 Å². The third-order valence-corrected chi connectivity index (χ3v) is 3.49. The Labute approximate surface area is 117 Å². The fourth-order valence-corrected chi connectivity index (χ4v) is 2.65. The van der Waals surface area contributed by atoms with Gasteiger partial charge in [0.2, 0.25) is 6.79 Å². The second-order valence-corrected chi connectivity index (χ2v) is 5.29. The Kier molecular flexibility index (Phi) is 4.20. The second-order valence-electron chi connectivity index (χ2n) is 4.89. The first kappa shape index (κ1) is 14.0. The van der Waals surface area contributed by atoms with Crippen molar-refractivity contribution in [1.82, 2.24) is 0 Å². The molecule has 0 aliphatic carbocycles. The molecule has 0 atom stereocenters. The van der Waals surface area contributed by atoms with Gasteiger partial charge in [0.05, 0.1) is 0 Å². The molecule has 0 saturated carbocycles. The number of ether oxygens (including phenoxy) is 2. The third-order valence-electron chi connectivity index (χ3n) is 3.15. The molecule has 104 valence electrons. The molecule has 1 aromatic carbocycles. The highest BCUT2D eigenvalue weighted by Gasteiger charge is 2.25. The summed E-state index contributed by atoms with van der Waals surface area (Å²) in [4.78, 5) is 10.6. The molecule has 0 amide bonds. The summed E-state index contributed by atoms with van der Waals surface area (Å²) in [6.07, 6.45) is 1.34. The number of benzene rings is 1. The quantitative estimate of drug-likeness (QED) is 0.897. The first-order valence-corrected chi connectivity index (χ1v) is 6.71. The lowest BCUT2D eigenvalue weighted by Gasteiger charge is -2.17. The average molecular weight is 285 g/mol. The van der Waals surface area contributed by atoms with Gasteiger partial charge >= 0.3 is 5.97 Å². The minimum absolute atomic E-state index is 0.141. The molecule has 0 radical (unpaired) electrons. The van der Waals surface area contributed by atoms with Gasteiger partial charge in [0.1, 0.15) is 0 Å². The van der Waals surface area contributed by atoms with Crippen LogP contribution in [0.1, 0.15) is 43.7 Å². The minimum Gasteiger partial charge on any atom is -0.481 e. The average Bonchev–Trinajstić information content (AvgIpc) is 2.75. The van der Waals surface area contributed by atoms with Gasteiger partial charge in [0, 0.05) is 23.1 Å². The van der Waals surface area contributed by atoms with Crippen LogP contribution in [0.4, 0.5) is 0 Å². The summed E-state index contributed by atoms with van der Waals surface area (Å²) < 4.78 is 10.9. The Morgan fingerprint density at radius 3 is 2.84 bits per heavy atom. The molecular formula is C14H17ClO4. The first-order chi connectivity index (χ1) is 9.00. The SMILES string of the molecule is CC(C)c1c(CCCC(=O)O)c(Cl)cc2c1OCO2. The van der Waals surface area contributed by atoms with Crippen LogP contribution in [0.25, 0.3) is 0 Å². The molecule has 2 rings (SSSR count). The number of aliphatic carboxylic acids is 1. The van der Waals surface area contributed by atoms with Crippen LogP contribution in [0.2, 0.25) is 5.02 Å². The van der Waals surface area contributed by atoms with E-state index in [1.165, 1.54) is 0 Å². The lowest BCUT2D eigenvalue weighted by molar-refractivity contribution is -0.137. The standard InChI is InChI=1S/C14H17ClO4/c1-8(2)13-9(4-3-5-12(16)17)10(15)6-11-14(13)19-7-18-11/h6,8H,3-5,7H2,1-2H3,(H,16,17). The maximum Gasteiger partial charge on any atom is 0.303 e. The molecule has 0 spiro atoms. The molecule has 0 bridgehead atoms. The third kappa shape index (κ3) is 2.95. The van der Waals surface area contributed by atoms with E-state index in [2.05, 4.69) is 13.8 Å². The van der Waals surface area contributed by atoms with E-state index in [4.69, 9.17) is 26.2 Å². The Hall–Kier alpha value is -1.42. The molecule has 1 aliphatic heterocycles. The maximum absolute atomic E-state index is 10.6. The molecule has 4 nitrogen and oxygen atoms in total. The molecule has 0 aromatic heterocycles. The number of hydrogen-bond acceptors (Lipinski definition) is 3. The normalized spacial score (nSPS) is 13.1. The highest BCUT2D eigenvalue weighted by atomic mass is 35.5. The summed E-state index contributed by atoms with van der Waals surface area (Å²) in [5.74, 6) is 0.886. The predicted molar refractivity (Wildman–Crippen MR) is 72.2 cm³/mol. The number of carboxylic acid groups (broad SMARTS) is 1. The smallest absolute Gasteiger partial charge is 0.303 e. The zero-order valence-corrected chi connectivity index (χ0v) is 11.8. The van der Waals surface area contributed by atoms with Crippen molar-refractivity contribution in [2.24, 2.45) is 0 Å². The Bertz CT molecular complexity index is 497. The van der Waals surface area contributed by atoms with Crippen LogP contribution in [0, 0.1) is 0 Å². The zero-order valence-electron chi connectivity index (χ0n) is 11.0. The summed E-state index contributed by atoms with van der Waals surface area (Å²) in [6, 6.07) is 1.76. The van der Waals surface area contributed by atoms with E-state index in [-0.39, 0.29) is 19.1 Å². The Morgan fingerprint density at radius 1 is 1.47 bits per heavy atom. The monoisotopic (exact) mass is 284 g/mol. The number of halogens is 1. The molecule has 5 heteroatoms. The van der Waals surface area contributed by atoms with Crippen LogP contribution in [-0.4, -0.2) is 17.9 Å². The van der Waals surface area contributed by atoms with Crippen molar-refractivity contribution >= 4 is 17.6 Å². The molecule has 0 fully saturated rings. The summed E-state index contributed by atoms with van der Waals surface area (Å²) in [5.41, 5.74) is 2.01. The van der Waals surface area contributed by atoms with Gasteiger partial charge in [-0.05, 0) is 24.3 Å². The van der Waals surface area contributed by atoms with E-state index in [1.54, 1.807) is 6.07 Å². The van der Waals surface area contributed by atoms with E-state index < -0.39 is 5.97 Å². The molecule has 19 heavy (non-hydrogen) atoms. The van der Waals surface area contributed by atoms with Crippen molar-refractivity contribution in [1.29, 1.82) is 0 Å². The summed E-state index contributed by atoms with van der Waals surface area (Å²) in [6.45, 7) is 4.34. The molecule has 1 aliphatic rings. The van der Waals surface area contributed by atoms with Crippen LogP contribution in [-0.2, 0) is 11.2 Å². The Morgan fingerprint density at radius 2 is 2.21 bits per heavy atom. The van der Waals surface area contributed by atoms with Gasteiger partial charge in [-0.1, -0.05) is 25.4 Å². The Balaban J connectivity index is 2.33. The topological polar surface area (TPSA) is 55.8 Å². The molecule has 0 saturated heterocycles. The van der Waals surface area contributed by atoms with E-state index >= 15 is 0 Å². The van der Waals surface area contributed by atoms with Crippen molar-refractivity contribution in [2.45, 2.75) is 39.0 Å². The van der Waals surface area contributed by atoms with Crippen molar-refractivity contribution in [2.75, 3.05) is 6.79 Å². The van der Waals surface area contributed by atoms with Crippen LogP contribution in [0.15, 0.2) is 6.07 Å². The van der Waals surface area contributed by atoms with Crippen molar-refractivity contribution in [3.63, 3.8) is 0 Å². The summed E-state index contributed by atoms with van der Waals surface area (Å²) in [7, 11) is 0. The van der Waals surface area contributed by atoms with Crippen molar-refractivity contribution in [3.8, 4) is 11.5 Å². The highest BCUT2D eigenvalue weighted by Crippen LogP contribution is 2.45. The molecule has 1 N–H and O–H groups in total. The number of rotatable bonds is 5. The van der Waals surface area contributed by atoms with Crippen LogP contribution in [0.3, 0.4) is 0 Å².